The van der Waals surface area contributed by atoms with E-state index in [0.717, 1.165) is 4.88 Å². The fraction of sp³-hybridized carbons (Fsp3) is 0.500. The van der Waals surface area contributed by atoms with Crippen LogP contribution >= 0.6 is 11.3 Å². The minimum absolute atomic E-state index is 0.0422. The number of hydrogen-bond acceptors (Lipinski definition) is 4. The van der Waals surface area contributed by atoms with Gasteiger partial charge in [-0.05, 0) is 25.3 Å². The topological polar surface area (TPSA) is 75.6 Å². The second kappa shape index (κ2) is 5.97. The van der Waals surface area contributed by atoms with Crippen molar-refractivity contribution in [2.75, 3.05) is 13.7 Å². The zero-order valence-corrected chi connectivity index (χ0v) is 11.4. The van der Waals surface area contributed by atoms with E-state index in [-0.39, 0.29) is 12.5 Å². The van der Waals surface area contributed by atoms with E-state index < -0.39 is 17.5 Å². The summed E-state index contributed by atoms with van der Waals surface area (Å²) < 4.78 is 4.75. The molecule has 0 spiro atoms. The average molecular weight is 271 g/mol. The summed E-state index contributed by atoms with van der Waals surface area (Å²) in [4.78, 5) is 23.7. The van der Waals surface area contributed by atoms with Crippen molar-refractivity contribution < 1.29 is 19.4 Å². The van der Waals surface area contributed by atoms with Crippen molar-refractivity contribution in [1.82, 2.24) is 5.32 Å². The second-order valence-electron chi connectivity index (χ2n) is 4.37. The molecular weight excluding hydrogens is 254 g/mol. The Morgan fingerprint density at radius 3 is 2.67 bits per heavy atom. The lowest BCUT2D eigenvalue weighted by Crippen LogP contribution is -2.45. The highest BCUT2D eigenvalue weighted by Gasteiger charge is 2.31. The third-order valence-electron chi connectivity index (χ3n) is 2.71. The number of ether oxygens (including phenoxy) is 1. The molecule has 0 saturated heterocycles. The molecule has 0 aromatic carbocycles. The first-order chi connectivity index (χ1) is 8.39. The van der Waals surface area contributed by atoms with Gasteiger partial charge in [-0.25, -0.2) is 4.79 Å². The summed E-state index contributed by atoms with van der Waals surface area (Å²) in [5, 5.41) is 13.3. The molecule has 1 aromatic heterocycles. The third-order valence-corrected chi connectivity index (χ3v) is 3.91. The number of carbonyl (C=O) groups is 2. The van der Waals surface area contributed by atoms with Gasteiger partial charge in [0, 0.05) is 12.0 Å². The van der Waals surface area contributed by atoms with Gasteiger partial charge < -0.3 is 15.2 Å². The molecule has 1 aromatic rings. The Morgan fingerprint density at radius 1 is 1.56 bits per heavy atom. The molecule has 1 rings (SSSR count). The Kier molecular flexibility index (Phi) is 4.86. The van der Waals surface area contributed by atoms with E-state index in [9.17, 15) is 9.59 Å². The van der Waals surface area contributed by atoms with E-state index in [1.807, 2.05) is 17.5 Å². The number of hydrogen-bond donors (Lipinski definition) is 2. The van der Waals surface area contributed by atoms with Crippen LogP contribution in [0.3, 0.4) is 0 Å². The van der Waals surface area contributed by atoms with E-state index in [2.05, 4.69) is 5.32 Å². The summed E-state index contributed by atoms with van der Waals surface area (Å²) in [7, 11) is 1.30. The number of methoxy groups -OCH3 is 1. The second-order valence-corrected chi connectivity index (χ2v) is 5.32. The Bertz CT molecular complexity index is 414. The molecule has 6 heteroatoms. The zero-order chi connectivity index (χ0) is 13.8. The number of aliphatic carboxylic acids is 1. The summed E-state index contributed by atoms with van der Waals surface area (Å²) in [6, 6.07) is 3.76. The van der Waals surface area contributed by atoms with Gasteiger partial charge in [0.25, 0.3) is 0 Å². The average Bonchev–Trinajstić information content (AvgIpc) is 2.82. The van der Waals surface area contributed by atoms with Crippen molar-refractivity contribution in [2.24, 2.45) is 0 Å². The quantitative estimate of drug-likeness (QED) is 0.816. The molecule has 2 N–H and O–H groups in total. The molecule has 18 heavy (non-hydrogen) atoms. The normalized spacial score (nSPS) is 13.1. The summed E-state index contributed by atoms with van der Waals surface area (Å²) in [6.45, 7) is 3.56. The Labute approximate surface area is 110 Å². The molecule has 0 bridgehead atoms. The van der Waals surface area contributed by atoms with Crippen molar-refractivity contribution in [3.8, 4) is 0 Å². The number of thiophene rings is 1. The van der Waals surface area contributed by atoms with Crippen molar-refractivity contribution in [1.29, 1.82) is 0 Å². The summed E-state index contributed by atoms with van der Waals surface area (Å²) in [5.74, 6) is -1.31. The maximum absolute atomic E-state index is 12.1. The number of carboxylic acids is 1. The van der Waals surface area contributed by atoms with Crippen LogP contribution in [0.2, 0.25) is 0 Å². The molecule has 0 saturated carbocycles. The molecule has 1 heterocycles. The van der Waals surface area contributed by atoms with E-state index in [1.54, 1.807) is 13.8 Å². The van der Waals surface area contributed by atoms with Gasteiger partial charge in [-0.2, -0.15) is 0 Å². The van der Waals surface area contributed by atoms with Gasteiger partial charge in [-0.1, -0.05) is 6.07 Å². The highest BCUT2D eigenvalue weighted by molar-refractivity contribution is 7.10. The Balaban J connectivity index is 2.63. The van der Waals surface area contributed by atoms with Crippen LogP contribution in [-0.2, 0) is 19.7 Å². The first-order valence-electron chi connectivity index (χ1n) is 5.47. The monoisotopic (exact) mass is 271 g/mol. The van der Waals surface area contributed by atoms with Crippen molar-refractivity contribution in [3.63, 3.8) is 0 Å². The van der Waals surface area contributed by atoms with Crippen molar-refractivity contribution in [2.45, 2.75) is 25.4 Å². The minimum atomic E-state index is -1.09. The fourth-order valence-corrected chi connectivity index (χ4v) is 2.27. The SMILES string of the molecule is COC(CNC(=O)C(C)(C)c1cccs1)C(=O)O. The predicted molar refractivity (Wildman–Crippen MR) is 68.8 cm³/mol. The molecule has 5 nitrogen and oxygen atoms in total. The van der Waals surface area contributed by atoms with Gasteiger partial charge in [0.05, 0.1) is 12.0 Å². The van der Waals surface area contributed by atoms with Crippen LogP contribution in [0.25, 0.3) is 0 Å². The van der Waals surface area contributed by atoms with Crippen LogP contribution in [0.15, 0.2) is 17.5 Å². The van der Waals surface area contributed by atoms with Crippen molar-refractivity contribution in [3.05, 3.63) is 22.4 Å². The van der Waals surface area contributed by atoms with E-state index in [1.165, 1.54) is 18.4 Å². The molecule has 0 aliphatic rings. The lowest BCUT2D eigenvalue weighted by Gasteiger charge is -2.23. The molecule has 1 unspecified atom stereocenters. The van der Waals surface area contributed by atoms with Crippen LogP contribution in [0.1, 0.15) is 18.7 Å². The molecule has 0 aliphatic carbocycles. The Morgan fingerprint density at radius 2 is 2.22 bits per heavy atom. The first kappa shape index (κ1) is 14.7. The number of carboxylic acid groups (broad SMARTS) is 1. The molecular formula is C12H17NO4S. The lowest BCUT2D eigenvalue weighted by atomic mass is 9.90. The van der Waals surface area contributed by atoms with E-state index in [4.69, 9.17) is 9.84 Å². The third kappa shape index (κ3) is 3.30. The van der Waals surface area contributed by atoms with Crippen LogP contribution in [0.5, 0.6) is 0 Å². The van der Waals surface area contributed by atoms with Gasteiger partial charge >= 0.3 is 5.97 Å². The highest BCUT2D eigenvalue weighted by atomic mass is 32.1. The van der Waals surface area contributed by atoms with Crippen LogP contribution in [0.4, 0.5) is 0 Å². The predicted octanol–water partition coefficient (Wildman–Crippen LogP) is 1.24. The zero-order valence-electron chi connectivity index (χ0n) is 10.6. The van der Waals surface area contributed by atoms with Crippen LogP contribution in [-0.4, -0.2) is 36.7 Å². The number of rotatable bonds is 6. The van der Waals surface area contributed by atoms with Gasteiger partial charge in [0.15, 0.2) is 6.10 Å². The first-order valence-corrected chi connectivity index (χ1v) is 6.35. The molecule has 0 fully saturated rings. The van der Waals surface area contributed by atoms with Crippen LogP contribution < -0.4 is 5.32 Å². The van der Waals surface area contributed by atoms with Gasteiger partial charge in [0.1, 0.15) is 0 Å². The molecule has 1 amide bonds. The highest BCUT2D eigenvalue weighted by Crippen LogP contribution is 2.27. The fourth-order valence-electron chi connectivity index (χ4n) is 1.42. The van der Waals surface area contributed by atoms with Gasteiger partial charge in [-0.15, -0.1) is 11.3 Å². The molecule has 0 aliphatic heterocycles. The Hall–Kier alpha value is -1.40. The van der Waals surface area contributed by atoms with Gasteiger partial charge in [-0.3, -0.25) is 4.79 Å². The summed E-state index contributed by atoms with van der Waals surface area (Å²) in [5.41, 5.74) is -0.676. The molecule has 0 radical (unpaired) electrons. The van der Waals surface area contributed by atoms with E-state index in [0.29, 0.717) is 0 Å². The number of amides is 1. The maximum Gasteiger partial charge on any atom is 0.334 e. The molecule has 100 valence electrons. The van der Waals surface area contributed by atoms with Gasteiger partial charge in [0.2, 0.25) is 5.91 Å². The maximum atomic E-state index is 12.1. The summed E-state index contributed by atoms with van der Waals surface area (Å²) >= 11 is 1.50. The smallest absolute Gasteiger partial charge is 0.334 e. The van der Waals surface area contributed by atoms with E-state index >= 15 is 0 Å². The van der Waals surface area contributed by atoms with Crippen LogP contribution in [0, 0.1) is 0 Å². The number of carbonyl (C=O) groups excluding carboxylic acids is 1. The summed E-state index contributed by atoms with van der Waals surface area (Å²) in [6.07, 6.45) is -1.02. The molecule has 1 atom stereocenters. The number of nitrogens with one attached hydrogen (secondary N) is 1. The lowest BCUT2D eigenvalue weighted by molar-refractivity contribution is -0.148. The minimum Gasteiger partial charge on any atom is -0.479 e. The van der Waals surface area contributed by atoms with Crippen molar-refractivity contribution >= 4 is 23.2 Å². The largest absolute Gasteiger partial charge is 0.479 e. The standard InChI is InChI=1S/C12H17NO4S/c1-12(2,9-5-4-6-18-9)11(16)13-7-8(17-3)10(14)15/h4-6,8H,7H2,1-3H3,(H,13,16)(H,14,15).